The van der Waals surface area contributed by atoms with Crippen molar-refractivity contribution in [1.29, 1.82) is 0 Å². The van der Waals surface area contributed by atoms with Gasteiger partial charge in [-0.05, 0) is 31.5 Å². The minimum Gasteiger partial charge on any atom is -0.508 e. The number of carbonyl (C=O) groups is 6. The zero-order valence-electron chi connectivity index (χ0n) is 30.7. The van der Waals surface area contributed by atoms with Gasteiger partial charge >= 0.3 is 0 Å². The van der Waals surface area contributed by atoms with Crippen molar-refractivity contribution >= 4 is 35.4 Å². The number of aliphatic hydroxyl groups excluding tert-OH is 8. The summed E-state index contributed by atoms with van der Waals surface area (Å²) < 4.78 is 0. The maximum atomic E-state index is 14.0. The van der Waals surface area contributed by atoms with Gasteiger partial charge in [-0.2, -0.15) is 0 Å². The van der Waals surface area contributed by atoms with Gasteiger partial charge in [-0.15, -0.1) is 0 Å². The Kier molecular flexibility index (Phi) is 14.3. The lowest BCUT2D eigenvalue weighted by Gasteiger charge is -2.34. The van der Waals surface area contributed by atoms with Gasteiger partial charge in [0.1, 0.15) is 54.3 Å². The zero-order chi connectivity index (χ0) is 41.9. The fraction of sp³-hybridized carbons (Fsp3) is 0.647. The number of nitrogens with two attached hydrogens (primary N) is 1. The lowest BCUT2D eigenvalue weighted by Crippen LogP contribution is -2.64. The molecule has 0 unspecified atom stereocenters. The molecule has 0 spiro atoms. The normalized spacial score (nSPS) is 35.2. The van der Waals surface area contributed by atoms with Gasteiger partial charge in [-0.25, -0.2) is 0 Å². The minimum atomic E-state index is -2.24. The Labute approximate surface area is 320 Å². The third kappa shape index (κ3) is 9.70. The first-order valence-electron chi connectivity index (χ1n) is 18.0. The summed E-state index contributed by atoms with van der Waals surface area (Å²) in [6, 6.07) is -6.28. The van der Waals surface area contributed by atoms with Gasteiger partial charge in [-0.1, -0.05) is 19.1 Å². The maximum absolute atomic E-state index is 14.0. The smallest absolute Gasteiger partial charge is 0.248 e. The van der Waals surface area contributed by atoms with E-state index in [-0.39, 0.29) is 17.9 Å². The first kappa shape index (κ1) is 44.2. The van der Waals surface area contributed by atoms with Gasteiger partial charge in [0, 0.05) is 31.8 Å². The Morgan fingerprint density at radius 2 is 1.23 bits per heavy atom. The molecule has 312 valence electrons. The highest BCUT2D eigenvalue weighted by atomic mass is 16.3. The first-order chi connectivity index (χ1) is 26.1. The number of carbonyl (C=O) groups excluding carboxylic acids is 6. The average Bonchev–Trinajstić information content (AvgIpc) is 3.68. The molecule has 1 aromatic rings. The number of nitrogens with one attached hydrogen (secondary N) is 4. The molecule has 15 atom stereocenters. The molecule has 3 aliphatic heterocycles. The second-order valence-corrected chi connectivity index (χ2v) is 14.6. The summed E-state index contributed by atoms with van der Waals surface area (Å²) in [4.78, 5) is 83.9. The average molecular weight is 798 g/mol. The van der Waals surface area contributed by atoms with Gasteiger partial charge in [-0.3, -0.25) is 28.8 Å². The number of rotatable bonds is 5. The largest absolute Gasteiger partial charge is 0.508 e. The van der Waals surface area contributed by atoms with Crippen molar-refractivity contribution in [3.05, 3.63) is 29.8 Å². The number of phenols is 1. The number of nitrogens with zero attached hydrogens (tertiary/aromatic N) is 2. The van der Waals surface area contributed by atoms with Crippen molar-refractivity contribution in [1.82, 2.24) is 31.1 Å². The van der Waals surface area contributed by atoms with Crippen LogP contribution in [-0.4, -0.2) is 183 Å². The molecule has 0 aliphatic carbocycles. The number of hydrogen-bond acceptors (Lipinski definition) is 16. The lowest BCUT2D eigenvalue weighted by molar-refractivity contribution is -0.148. The van der Waals surface area contributed by atoms with E-state index in [1.54, 1.807) is 0 Å². The fourth-order valence-electron chi connectivity index (χ4n) is 6.92. The van der Waals surface area contributed by atoms with Crippen molar-refractivity contribution in [3.8, 4) is 5.75 Å². The predicted octanol–water partition coefficient (Wildman–Crippen LogP) is -7.30. The third-order valence-electron chi connectivity index (χ3n) is 10.2. The van der Waals surface area contributed by atoms with Gasteiger partial charge in [0.15, 0.2) is 6.23 Å². The minimum absolute atomic E-state index is 0.0501. The Morgan fingerprint density at radius 3 is 1.80 bits per heavy atom. The summed E-state index contributed by atoms with van der Waals surface area (Å²) in [5, 5.41) is 105. The van der Waals surface area contributed by atoms with E-state index in [1.165, 1.54) is 19.1 Å². The van der Waals surface area contributed by atoms with Crippen molar-refractivity contribution in [2.45, 2.75) is 119 Å². The van der Waals surface area contributed by atoms with Gasteiger partial charge < -0.3 is 82.8 Å². The van der Waals surface area contributed by atoms with Crippen LogP contribution in [0.3, 0.4) is 0 Å². The molecule has 22 heteroatoms. The van der Waals surface area contributed by atoms with Crippen LogP contribution in [-0.2, 0) is 28.8 Å². The van der Waals surface area contributed by atoms with Crippen molar-refractivity contribution in [2.75, 3.05) is 13.1 Å². The number of phenolic OH excluding ortho intramolecular Hbond substituents is 1. The molecule has 0 radical (unpaired) electrons. The van der Waals surface area contributed by atoms with E-state index in [0.29, 0.717) is 0 Å². The van der Waals surface area contributed by atoms with Crippen LogP contribution in [0.1, 0.15) is 45.3 Å². The van der Waals surface area contributed by atoms with Crippen LogP contribution in [0.5, 0.6) is 5.75 Å². The summed E-state index contributed by atoms with van der Waals surface area (Å²) in [5.41, 5.74) is 5.88. The first-order valence-corrected chi connectivity index (χ1v) is 18.0. The summed E-state index contributed by atoms with van der Waals surface area (Å²) >= 11 is 0. The molecule has 22 nitrogen and oxygen atoms in total. The van der Waals surface area contributed by atoms with E-state index in [9.17, 15) is 74.7 Å². The summed E-state index contributed by atoms with van der Waals surface area (Å²) in [5.74, 6) is -8.12. The van der Waals surface area contributed by atoms with Crippen LogP contribution in [0.2, 0.25) is 0 Å². The number of aromatic hydroxyl groups is 1. The van der Waals surface area contributed by atoms with E-state index in [1.807, 2.05) is 5.32 Å². The van der Waals surface area contributed by atoms with Crippen LogP contribution in [0.4, 0.5) is 0 Å². The molecule has 3 saturated heterocycles. The Bertz CT molecular complexity index is 1620. The van der Waals surface area contributed by atoms with E-state index in [0.717, 1.165) is 35.8 Å². The third-order valence-corrected chi connectivity index (χ3v) is 10.2. The molecule has 1 aromatic carbocycles. The van der Waals surface area contributed by atoms with Gasteiger partial charge in [0.2, 0.25) is 35.4 Å². The molecule has 15 N–H and O–H groups in total. The van der Waals surface area contributed by atoms with Crippen LogP contribution in [0, 0.1) is 5.92 Å². The van der Waals surface area contributed by atoms with Crippen molar-refractivity contribution in [3.63, 3.8) is 0 Å². The Morgan fingerprint density at radius 1 is 0.696 bits per heavy atom. The van der Waals surface area contributed by atoms with Crippen molar-refractivity contribution in [2.24, 2.45) is 11.7 Å². The van der Waals surface area contributed by atoms with Crippen LogP contribution in [0.15, 0.2) is 24.3 Å². The predicted molar refractivity (Wildman–Crippen MR) is 188 cm³/mol. The molecular formula is C34H51N7O15. The zero-order valence-corrected chi connectivity index (χ0v) is 30.7. The molecule has 3 heterocycles. The van der Waals surface area contributed by atoms with Gasteiger partial charge in [0.25, 0.3) is 0 Å². The maximum Gasteiger partial charge on any atom is 0.248 e. The van der Waals surface area contributed by atoms with E-state index in [4.69, 9.17) is 5.73 Å². The summed E-state index contributed by atoms with van der Waals surface area (Å²) in [6.07, 6.45) is -15.8. The van der Waals surface area contributed by atoms with Crippen LogP contribution < -0.4 is 27.0 Å². The number of amides is 6. The molecule has 56 heavy (non-hydrogen) atoms. The number of hydrogen-bond donors (Lipinski definition) is 14. The van der Waals surface area contributed by atoms with E-state index >= 15 is 0 Å². The van der Waals surface area contributed by atoms with E-state index < -0.39 is 146 Å². The molecule has 3 fully saturated rings. The number of aliphatic hydroxyl groups is 8. The molecule has 6 amide bonds. The molecule has 4 rings (SSSR count). The highest BCUT2D eigenvalue weighted by molar-refractivity contribution is 5.98. The topological polar surface area (TPSA) is 365 Å². The molecule has 0 saturated carbocycles. The molecule has 0 bridgehead atoms. The lowest BCUT2D eigenvalue weighted by atomic mass is 9.96. The molecular weight excluding hydrogens is 746 g/mol. The monoisotopic (exact) mass is 797 g/mol. The number of benzene rings is 1. The van der Waals surface area contributed by atoms with Gasteiger partial charge in [0.05, 0.1) is 30.5 Å². The number of fused-ring (bicyclic) bond motifs is 2. The quantitative estimate of drug-likeness (QED) is 0.132. The van der Waals surface area contributed by atoms with Crippen molar-refractivity contribution < 1.29 is 74.7 Å². The SMILES string of the molecule is C[C@@H](O)[C@@H]1NC(=O)[C@H]([C@H](O)[C@@H](O)c2ccc(O)cc2)NC(=O)[C@@H]2C[C@@H](O)CN2C(=O)[C@H]([C@@H](C)O)NC(=O)[C@H](N)C[C@H](O)[C@@H](O)NC(=O)[C@@H]2[C@@H](O)[C@@H](C)CN2C1=O. The van der Waals surface area contributed by atoms with Crippen LogP contribution in [0.25, 0.3) is 0 Å². The highest BCUT2D eigenvalue weighted by Crippen LogP contribution is 2.27. The second kappa shape index (κ2) is 18.2. The standard InChI is InChI=1S/C34H51N7O15/c1-12-10-41-24(25(12)47)32(54)39-30(52)20(46)9-18(35)28(50)36-21(13(2)42)33(55)40-11-17(45)8-19(40)29(51)38-23(31(53)37-22(14(3)43)34(41)56)27(49)26(48)15-4-6-16(44)7-5-15/h4-7,12-14,17-27,30,42-49,52H,8-11,35H2,1-3H3,(H,36,50)(H,37,53)(H,38,51)(H,39,54)/t12-,13+,14+,17+,18+,19-,20-,21-,22-,23-,24-,25-,26-,27-,30+/m0/s1. The summed E-state index contributed by atoms with van der Waals surface area (Å²) in [6.45, 7) is 2.85. The molecule has 3 aliphatic rings. The highest BCUT2D eigenvalue weighted by Gasteiger charge is 2.50. The Hall–Kier alpha value is -4.52. The Balaban J connectivity index is 1.80. The van der Waals surface area contributed by atoms with E-state index in [2.05, 4.69) is 16.0 Å². The fourth-order valence-corrected chi connectivity index (χ4v) is 6.92. The molecule has 0 aromatic heterocycles. The summed E-state index contributed by atoms with van der Waals surface area (Å²) in [7, 11) is 0. The van der Waals surface area contributed by atoms with Crippen LogP contribution >= 0.6 is 0 Å². The second-order valence-electron chi connectivity index (χ2n) is 14.6.